The van der Waals surface area contributed by atoms with E-state index in [1.807, 2.05) is 25.2 Å². The Morgan fingerprint density at radius 2 is 1.78 bits per heavy atom. The predicted octanol–water partition coefficient (Wildman–Crippen LogP) is 3.91. The van der Waals surface area contributed by atoms with E-state index in [4.69, 9.17) is 5.10 Å². The summed E-state index contributed by atoms with van der Waals surface area (Å²) in [6.45, 7) is 1.51. The van der Waals surface area contributed by atoms with Gasteiger partial charge in [0, 0.05) is 50.6 Å². The quantitative estimate of drug-likeness (QED) is 0.561. The van der Waals surface area contributed by atoms with Crippen LogP contribution in [0.4, 0.5) is 13.2 Å². The van der Waals surface area contributed by atoms with Gasteiger partial charge in [0.25, 0.3) is 5.91 Å². The summed E-state index contributed by atoms with van der Waals surface area (Å²) < 4.78 is 42.9. The molecule has 1 unspecified atom stereocenters. The molecule has 1 amide bonds. The molecule has 0 radical (unpaired) electrons. The van der Waals surface area contributed by atoms with E-state index < -0.39 is 6.36 Å². The van der Waals surface area contributed by atoms with Crippen LogP contribution >= 0.6 is 0 Å². The fourth-order valence-electron chi connectivity index (χ4n) is 4.99. The number of fused-ring (bicyclic) bond motifs is 1. The Labute approximate surface area is 212 Å². The number of aryl methyl sites for hydroxylation is 1. The lowest BCUT2D eigenvalue weighted by molar-refractivity contribution is -0.274. The molecule has 194 valence electrons. The highest BCUT2D eigenvalue weighted by molar-refractivity contribution is 6.13. The summed E-state index contributed by atoms with van der Waals surface area (Å²) >= 11 is 0. The number of piperidine rings is 1. The molecule has 1 aromatic heterocycles. The van der Waals surface area contributed by atoms with E-state index in [0.29, 0.717) is 5.56 Å². The van der Waals surface area contributed by atoms with Gasteiger partial charge in [0.15, 0.2) is 0 Å². The van der Waals surface area contributed by atoms with Crippen LogP contribution in [0.2, 0.25) is 0 Å². The van der Waals surface area contributed by atoms with Crippen LogP contribution in [0.3, 0.4) is 0 Å². The summed E-state index contributed by atoms with van der Waals surface area (Å²) in [5.74, 6) is -0.585. The number of carbonyl (C=O) groups is 1. The number of hydrazone groups is 1. The molecule has 1 fully saturated rings. The van der Waals surface area contributed by atoms with Crippen LogP contribution < -0.4 is 10.2 Å². The number of rotatable bonds is 5. The van der Waals surface area contributed by atoms with E-state index in [1.165, 1.54) is 12.1 Å². The summed E-state index contributed by atoms with van der Waals surface area (Å²) in [6.07, 6.45) is -1.59. The van der Waals surface area contributed by atoms with Crippen LogP contribution in [0.15, 0.2) is 65.9 Å². The molecule has 2 aliphatic rings. The van der Waals surface area contributed by atoms with Crippen molar-refractivity contribution in [1.82, 2.24) is 25.0 Å². The molecular weight excluding hydrogens is 485 g/mol. The number of hydrogen-bond donors (Lipinski definition) is 1. The van der Waals surface area contributed by atoms with Crippen LogP contribution in [-0.4, -0.2) is 63.7 Å². The second kappa shape index (κ2) is 9.89. The summed E-state index contributed by atoms with van der Waals surface area (Å²) in [4.78, 5) is 17.0. The van der Waals surface area contributed by atoms with Crippen molar-refractivity contribution in [2.45, 2.75) is 31.4 Å². The van der Waals surface area contributed by atoms with Crippen LogP contribution in [0.25, 0.3) is 0 Å². The van der Waals surface area contributed by atoms with Crippen molar-refractivity contribution in [2.75, 3.05) is 20.1 Å². The zero-order chi connectivity index (χ0) is 26.2. The summed E-state index contributed by atoms with van der Waals surface area (Å²) in [7, 11) is 3.63. The molecule has 1 saturated heterocycles. The molecule has 2 aliphatic heterocycles. The first-order valence-electron chi connectivity index (χ1n) is 12.0. The number of hydrogen-bond acceptors (Lipinski definition) is 6. The Morgan fingerprint density at radius 3 is 2.43 bits per heavy atom. The highest BCUT2D eigenvalue weighted by Gasteiger charge is 2.34. The van der Waals surface area contributed by atoms with Crippen LogP contribution in [0.5, 0.6) is 5.75 Å². The number of likely N-dealkylation sites (tertiary alicyclic amines) is 1. The van der Waals surface area contributed by atoms with Gasteiger partial charge in [0.2, 0.25) is 0 Å². The smallest absolute Gasteiger partial charge is 0.406 e. The first kappa shape index (κ1) is 24.8. The predicted molar refractivity (Wildman–Crippen MR) is 131 cm³/mol. The number of carbonyl (C=O) groups excluding carboxylic acids is 1. The van der Waals surface area contributed by atoms with Crippen LogP contribution in [-0.2, 0) is 7.05 Å². The average Bonchev–Trinajstić information content (AvgIpc) is 3.32. The molecule has 0 aliphatic carbocycles. The number of aromatic nitrogens is 2. The van der Waals surface area contributed by atoms with Gasteiger partial charge in [-0.25, -0.2) is 0 Å². The number of nitrogens with zero attached hydrogens (tertiary/aromatic N) is 5. The van der Waals surface area contributed by atoms with Crippen LogP contribution in [0, 0.1) is 0 Å². The number of amides is 1. The summed E-state index contributed by atoms with van der Waals surface area (Å²) in [5, 5.41) is 8.97. The minimum absolute atomic E-state index is 0.0159. The van der Waals surface area contributed by atoms with Gasteiger partial charge in [-0.05, 0) is 48.7 Å². The van der Waals surface area contributed by atoms with E-state index in [0.717, 1.165) is 60.6 Å². The lowest BCUT2D eigenvalue weighted by Gasteiger charge is -2.41. The van der Waals surface area contributed by atoms with Crippen molar-refractivity contribution in [3.63, 3.8) is 0 Å². The number of alkyl halides is 3. The molecule has 1 N–H and O–H groups in total. The molecule has 1 atom stereocenters. The van der Waals surface area contributed by atoms with Gasteiger partial charge in [-0.1, -0.05) is 24.3 Å². The molecule has 0 saturated carbocycles. The summed E-state index contributed by atoms with van der Waals surface area (Å²) in [5.41, 5.74) is 7.61. The molecule has 8 nitrogen and oxygen atoms in total. The molecular formula is C26H27F3N6O2. The normalized spacial score (nSPS) is 18.5. The Bertz CT molecular complexity index is 1300. The zero-order valence-corrected chi connectivity index (χ0v) is 20.4. The molecule has 3 aromatic rings. The maximum Gasteiger partial charge on any atom is 0.573 e. The fourth-order valence-corrected chi connectivity index (χ4v) is 4.99. The first-order valence-corrected chi connectivity index (χ1v) is 12.0. The number of nitrogens with one attached hydrogen (secondary N) is 1. The van der Waals surface area contributed by atoms with Gasteiger partial charge < -0.3 is 9.64 Å². The van der Waals surface area contributed by atoms with E-state index >= 15 is 0 Å². The average molecular weight is 513 g/mol. The standard InChI is InChI=1S/C26H27F3N6O2/c1-33(25(36)17-7-9-19(10-8-17)37-26(27,28)29)18-12-15-35(16-13-18)24-21-6-4-3-5-20(21)23(31-32-24)22-11-14-30-34(22)2/h3-11,14,18,24,32H,12-13,15-16H2,1-2H3. The van der Waals surface area contributed by atoms with E-state index in [-0.39, 0.29) is 23.9 Å². The van der Waals surface area contributed by atoms with Crippen molar-refractivity contribution in [3.8, 4) is 5.75 Å². The monoisotopic (exact) mass is 512 g/mol. The molecule has 37 heavy (non-hydrogen) atoms. The second-order valence-corrected chi connectivity index (χ2v) is 9.17. The van der Waals surface area contributed by atoms with Gasteiger partial charge in [-0.15, -0.1) is 13.2 Å². The largest absolute Gasteiger partial charge is 0.573 e. The van der Waals surface area contributed by atoms with E-state index in [2.05, 4.69) is 32.3 Å². The third-order valence-corrected chi connectivity index (χ3v) is 6.94. The first-order chi connectivity index (χ1) is 17.7. The number of benzene rings is 2. The molecule has 2 aromatic carbocycles. The Morgan fingerprint density at radius 1 is 1.08 bits per heavy atom. The molecule has 0 bridgehead atoms. The molecule has 3 heterocycles. The Kier molecular flexibility index (Phi) is 6.63. The van der Waals surface area contributed by atoms with Crippen molar-refractivity contribution in [3.05, 3.63) is 83.2 Å². The molecule has 0 spiro atoms. The van der Waals surface area contributed by atoms with Gasteiger partial charge in [0.05, 0.1) is 5.69 Å². The maximum absolute atomic E-state index is 13.0. The van der Waals surface area contributed by atoms with Crippen molar-refractivity contribution < 1.29 is 22.7 Å². The maximum atomic E-state index is 13.0. The molecule has 11 heteroatoms. The Balaban J connectivity index is 1.23. The highest BCUT2D eigenvalue weighted by Crippen LogP contribution is 2.31. The molecule has 5 rings (SSSR count). The highest BCUT2D eigenvalue weighted by atomic mass is 19.4. The lowest BCUT2D eigenvalue weighted by Crippen LogP contribution is -2.49. The number of ether oxygens (including phenoxy) is 1. The van der Waals surface area contributed by atoms with Crippen molar-refractivity contribution in [1.29, 1.82) is 0 Å². The van der Waals surface area contributed by atoms with E-state index in [9.17, 15) is 18.0 Å². The van der Waals surface area contributed by atoms with Gasteiger partial charge >= 0.3 is 6.36 Å². The van der Waals surface area contributed by atoms with Gasteiger partial charge in [0.1, 0.15) is 17.6 Å². The van der Waals surface area contributed by atoms with Gasteiger partial charge in [-0.2, -0.15) is 10.2 Å². The van der Waals surface area contributed by atoms with Crippen molar-refractivity contribution in [2.24, 2.45) is 12.1 Å². The zero-order valence-electron chi connectivity index (χ0n) is 20.4. The second-order valence-electron chi connectivity index (χ2n) is 9.17. The van der Waals surface area contributed by atoms with Crippen molar-refractivity contribution >= 4 is 11.6 Å². The minimum Gasteiger partial charge on any atom is -0.406 e. The fraction of sp³-hybridized carbons (Fsp3) is 0.346. The third kappa shape index (κ3) is 5.17. The third-order valence-electron chi connectivity index (χ3n) is 6.94. The van der Waals surface area contributed by atoms with Gasteiger partial charge in [-0.3, -0.25) is 19.8 Å². The minimum atomic E-state index is -4.77. The van der Waals surface area contributed by atoms with E-state index in [1.54, 1.807) is 22.8 Å². The topological polar surface area (TPSA) is 75.0 Å². The SMILES string of the molecule is CN(C(=O)c1ccc(OC(F)(F)F)cc1)C1CCN(C2NN=C(c3ccnn3C)c3ccccc32)CC1. The Hall–Kier alpha value is -3.86. The lowest BCUT2D eigenvalue weighted by atomic mass is 9.95. The number of halogens is 3. The van der Waals surface area contributed by atoms with Crippen LogP contribution in [0.1, 0.15) is 46.2 Å². The summed E-state index contributed by atoms with van der Waals surface area (Å²) in [6, 6.07) is 15.2.